The molecule has 0 aliphatic carbocycles. The molecule has 1 rings (SSSR count). The predicted octanol–water partition coefficient (Wildman–Crippen LogP) is 2.97. The van der Waals surface area contributed by atoms with Crippen molar-refractivity contribution in [3.05, 3.63) is 32.4 Å². The first-order valence-corrected chi connectivity index (χ1v) is 5.29. The van der Waals surface area contributed by atoms with Crippen LogP contribution in [-0.2, 0) is 10.9 Å². The Hall–Kier alpha value is -1.30. The molecule has 0 aliphatic rings. The molecule has 0 fully saturated rings. The number of hydrogen-bond acceptors (Lipinski definition) is 3. The highest BCUT2D eigenvalue weighted by atomic mass is 127. The SMILES string of the molecule is COC(=O)c1ccc(I)c(C#N)c1C(F)(F)F. The molecule has 0 radical (unpaired) electrons. The smallest absolute Gasteiger partial charge is 0.418 e. The van der Waals surface area contributed by atoms with Gasteiger partial charge in [0.25, 0.3) is 0 Å². The van der Waals surface area contributed by atoms with Crippen molar-refractivity contribution in [3.8, 4) is 6.07 Å². The minimum Gasteiger partial charge on any atom is -0.465 e. The number of nitriles is 1. The molecule has 0 aliphatic heterocycles. The molecule has 0 amide bonds. The van der Waals surface area contributed by atoms with Crippen LogP contribution < -0.4 is 0 Å². The van der Waals surface area contributed by atoms with Crippen molar-refractivity contribution in [2.24, 2.45) is 0 Å². The summed E-state index contributed by atoms with van der Waals surface area (Å²) in [5.41, 5.74) is -2.48. The van der Waals surface area contributed by atoms with Crippen molar-refractivity contribution < 1.29 is 22.7 Å². The number of carbonyl (C=O) groups is 1. The summed E-state index contributed by atoms with van der Waals surface area (Å²) in [5.74, 6) is -1.12. The standard InChI is InChI=1S/C10H5F3INO2/c1-17-9(16)5-2-3-7(14)6(4-15)8(5)10(11,12)13/h2-3H,1H3. The van der Waals surface area contributed by atoms with Crippen LogP contribution in [-0.4, -0.2) is 13.1 Å². The molecule has 17 heavy (non-hydrogen) atoms. The lowest BCUT2D eigenvalue weighted by Gasteiger charge is -2.13. The molecule has 0 atom stereocenters. The number of hydrogen-bond donors (Lipinski definition) is 0. The third-order valence-corrected chi connectivity index (χ3v) is 2.85. The summed E-state index contributed by atoms with van der Waals surface area (Å²) >= 11 is 1.60. The molecule has 7 heteroatoms. The second-order valence-electron chi connectivity index (χ2n) is 2.95. The van der Waals surface area contributed by atoms with E-state index in [9.17, 15) is 18.0 Å². The van der Waals surface area contributed by atoms with Crippen molar-refractivity contribution in [2.75, 3.05) is 7.11 Å². The fourth-order valence-corrected chi connectivity index (χ4v) is 1.83. The van der Waals surface area contributed by atoms with Crippen molar-refractivity contribution >= 4 is 28.6 Å². The first-order valence-electron chi connectivity index (χ1n) is 4.21. The number of esters is 1. The van der Waals surface area contributed by atoms with Gasteiger partial charge in [0.2, 0.25) is 0 Å². The van der Waals surface area contributed by atoms with Crippen LogP contribution in [0.4, 0.5) is 13.2 Å². The van der Waals surface area contributed by atoms with E-state index in [-0.39, 0.29) is 3.57 Å². The summed E-state index contributed by atoms with van der Waals surface area (Å²) in [5, 5.41) is 8.73. The summed E-state index contributed by atoms with van der Waals surface area (Å²) in [7, 11) is 0.979. The molecule has 3 nitrogen and oxygen atoms in total. The normalized spacial score (nSPS) is 10.8. The van der Waals surface area contributed by atoms with E-state index in [4.69, 9.17) is 5.26 Å². The maximum absolute atomic E-state index is 12.8. The van der Waals surface area contributed by atoms with Crippen LogP contribution in [0.15, 0.2) is 12.1 Å². The Morgan fingerprint density at radius 3 is 2.47 bits per heavy atom. The van der Waals surface area contributed by atoms with Crippen LogP contribution in [0, 0.1) is 14.9 Å². The number of benzene rings is 1. The molecule has 0 spiro atoms. The number of rotatable bonds is 1. The summed E-state index contributed by atoms with van der Waals surface area (Å²) in [6.45, 7) is 0. The highest BCUT2D eigenvalue weighted by Crippen LogP contribution is 2.36. The minimum absolute atomic E-state index is 0.130. The average molecular weight is 355 g/mol. The van der Waals surface area contributed by atoms with Crippen molar-refractivity contribution in [2.45, 2.75) is 6.18 Å². The lowest BCUT2D eigenvalue weighted by atomic mass is 10.0. The summed E-state index contributed by atoms with van der Waals surface area (Å²) < 4.78 is 42.8. The zero-order valence-corrected chi connectivity index (χ0v) is 10.6. The van der Waals surface area contributed by atoms with Gasteiger partial charge in [0.15, 0.2) is 0 Å². The van der Waals surface area contributed by atoms with Crippen molar-refractivity contribution in [1.82, 2.24) is 0 Å². The van der Waals surface area contributed by atoms with E-state index in [1.54, 1.807) is 22.6 Å². The zero-order chi connectivity index (χ0) is 13.2. The van der Waals surface area contributed by atoms with Gasteiger partial charge in [-0.1, -0.05) is 0 Å². The van der Waals surface area contributed by atoms with Gasteiger partial charge in [-0.05, 0) is 34.7 Å². The molecule has 0 unspecified atom stereocenters. The third-order valence-electron chi connectivity index (χ3n) is 1.96. The third kappa shape index (κ3) is 2.69. The first kappa shape index (κ1) is 13.8. The van der Waals surface area contributed by atoms with Crippen molar-refractivity contribution in [3.63, 3.8) is 0 Å². The van der Waals surface area contributed by atoms with Gasteiger partial charge in [-0.3, -0.25) is 0 Å². The highest BCUT2D eigenvalue weighted by Gasteiger charge is 2.39. The molecular weight excluding hydrogens is 350 g/mol. The number of halogens is 4. The van der Waals surface area contributed by atoms with E-state index in [2.05, 4.69) is 4.74 Å². The van der Waals surface area contributed by atoms with Crippen LogP contribution in [0.5, 0.6) is 0 Å². The maximum atomic E-state index is 12.8. The van der Waals surface area contributed by atoms with Crippen LogP contribution in [0.3, 0.4) is 0 Å². The number of carbonyl (C=O) groups excluding carboxylic acids is 1. The summed E-state index contributed by atoms with van der Waals surface area (Å²) in [4.78, 5) is 11.2. The van der Waals surface area contributed by atoms with Crippen LogP contribution in [0.1, 0.15) is 21.5 Å². The Bertz CT molecular complexity index is 505. The molecule has 0 N–H and O–H groups in total. The second kappa shape index (κ2) is 4.91. The van der Waals surface area contributed by atoms with E-state index in [1.165, 1.54) is 12.1 Å². The van der Waals surface area contributed by atoms with Gasteiger partial charge >= 0.3 is 12.1 Å². The maximum Gasteiger partial charge on any atom is 0.418 e. The van der Waals surface area contributed by atoms with Gasteiger partial charge in [0.1, 0.15) is 6.07 Å². The largest absolute Gasteiger partial charge is 0.465 e. The molecule has 1 aromatic carbocycles. The molecule has 0 saturated carbocycles. The lowest BCUT2D eigenvalue weighted by Crippen LogP contribution is -2.17. The van der Waals surface area contributed by atoms with Gasteiger partial charge in [-0.2, -0.15) is 18.4 Å². The Labute approximate surface area is 108 Å². The van der Waals surface area contributed by atoms with E-state index < -0.39 is 28.8 Å². The number of nitrogens with zero attached hydrogens (tertiary/aromatic N) is 1. The summed E-state index contributed by atoms with van der Waals surface area (Å²) in [6.07, 6.45) is -4.78. The zero-order valence-electron chi connectivity index (χ0n) is 8.43. The molecule has 0 heterocycles. The lowest BCUT2D eigenvalue weighted by molar-refractivity contribution is -0.138. The van der Waals surface area contributed by atoms with E-state index in [0.29, 0.717) is 0 Å². The number of methoxy groups -OCH3 is 1. The van der Waals surface area contributed by atoms with E-state index in [1.807, 2.05) is 0 Å². The van der Waals surface area contributed by atoms with Crippen LogP contribution in [0.25, 0.3) is 0 Å². The van der Waals surface area contributed by atoms with Crippen LogP contribution >= 0.6 is 22.6 Å². The topological polar surface area (TPSA) is 50.1 Å². The second-order valence-corrected chi connectivity index (χ2v) is 4.11. The molecule has 1 aromatic rings. The highest BCUT2D eigenvalue weighted by molar-refractivity contribution is 14.1. The van der Waals surface area contributed by atoms with Gasteiger partial charge < -0.3 is 4.74 Å². The molecule has 0 saturated heterocycles. The molecule has 90 valence electrons. The van der Waals surface area contributed by atoms with Gasteiger partial charge in [-0.25, -0.2) is 4.79 Å². The summed E-state index contributed by atoms with van der Waals surface area (Å²) in [6, 6.07) is 3.72. The Morgan fingerprint density at radius 1 is 1.47 bits per heavy atom. The number of alkyl halides is 3. The fourth-order valence-electron chi connectivity index (χ4n) is 1.26. The van der Waals surface area contributed by atoms with E-state index >= 15 is 0 Å². The fraction of sp³-hybridized carbons (Fsp3) is 0.200. The molecular formula is C10H5F3INO2. The monoisotopic (exact) mass is 355 g/mol. The first-order chi connectivity index (χ1) is 7.82. The molecule has 0 bridgehead atoms. The Kier molecular flexibility index (Phi) is 3.98. The van der Waals surface area contributed by atoms with E-state index in [0.717, 1.165) is 13.2 Å². The Balaban J connectivity index is 3.65. The predicted molar refractivity (Wildman–Crippen MR) is 60.2 cm³/mol. The van der Waals surface area contributed by atoms with Gasteiger partial charge in [0.05, 0.1) is 23.8 Å². The number of ether oxygens (including phenoxy) is 1. The van der Waals surface area contributed by atoms with Crippen LogP contribution in [0.2, 0.25) is 0 Å². The minimum atomic E-state index is -4.78. The van der Waals surface area contributed by atoms with Crippen molar-refractivity contribution in [1.29, 1.82) is 5.26 Å². The van der Waals surface area contributed by atoms with Gasteiger partial charge in [-0.15, -0.1) is 0 Å². The quantitative estimate of drug-likeness (QED) is 0.575. The molecule has 0 aromatic heterocycles. The van der Waals surface area contributed by atoms with Gasteiger partial charge in [0, 0.05) is 3.57 Å². The Morgan fingerprint density at radius 2 is 2.06 bits per heavy atom. The average Bonchev–Trinajstić information content (AvgIpc) is 2.26.